The minimum Gasteiger partial charge on any atom is -0.351 e. The van der Waals surface area contributed by atoms with E-state index in [0.29, 0.717) is 17.1 Å². The van der Waals surface area contributed by atoms with E-state index in [4.69, 9.17) is 11.6 Å². The third-order valence-electron chi connectivity index (χ3n) is 3.41. The summed E-state index contributed by atoms with van der Waals surface area (Å²) in [5.41, 5.74) is 0.739. The van der Waals surface area contributed by atoms with Gasteiger partial charge in [-0.3, -0.25) is 14.4 Å². The Hall–Kier alpha value is -1.07. The molecule has 0 aliphatic rings. The van der Waals surface area contributed by atoms with Gasteiger partial charge in [-0.25, -0.2) is 0 Å². The number of aromatic nitrogens is 2. The van der Waals surface area contributed by atoms with Crippen LogP contribution in [0.15, 0.2) is 6.20 Å². The fourth-order valence-electron chi connectivity index (χ4n) is 2.42. The summed E-state index contributed by atoms with van der Waals surface area (Å²) in [6.07, 6.45) is 1.68. The molecule has 0 radical (unpaired) electrons. The second-order valence-corrected chi connectivity index (χ2v) is 6.52. The molecule has 1 amide bonds. The van der Waals surface area contributed by atoms with Gasteiger partial charge < -0.3 is 5.32 Å². The molecular weight excluding hydrogens is 288 g/mol. The zero-order chi connectivity index (χ0) is 16.2. The van der Waals surface area contributed by atoms with Crippen LogP contribution in [0.4, 0.5) is 0 Å². The molecule has 0 aliphatic heterocycles. The van der Waals surface area contributed by atoms with Gasteiger partial charge in [0.1, 0.15) is 6.54 Å². The minimum atomic E-state index is -0.0471. The third kappa shape index (κ3) is 5.67. The SMILES string of the molecule is Cc1nn(CC(=O)N[C@H](C)CN(C(C)C)C(C)C)cc1Cl. The van der Waals surface area contributed by atoms with Crippen molar-refractivity contribution in [3.05, 3.63) is 16.9 Å². The Bertz CT molecular complexity index is 443. The fraction of sp³-hybridized carbons (Fsp3) is 0.733. The summed E-state index contributed by atoms with van der Waals surface area (Å²) in [6, 6.07) is 1.00. The number of amides is 1. The second-order valence-electron chi connectivity index (χ2n) is 6.11. The van der Waals surface area contributed by atoms with Gasteiger partial charge in [-0.15, -0.1) is 0 Å². The van der Waals surface area contributed by atoms with Crippen LogP contribution in [0, 0.1) is 6.92 Å². The molecular formula is C15H27ClN4O. The topological polar surface area (TPSA) is 50.2 Å². The van der Waals surface area contributed by atoms with Crippen molar-refractivity contribution in [1.29, 1.82) is 0 Å². The molecule has 1 aromatic rings. The molecule has 0 fully saturated rings. The number of carbonyl (C=O) groups excluding carboxylic acids is 1. The number of hydrogen-bond acceptors (Lipinski definition) is 3. The van der Waals surface area contributed by atoms with E-state index < -0.39 is 0 Å². The molecule has 0 bridgehead atoms. The van der Waals surface area contributed by atoms with Gasteiger partial charge in [0.05, 0.1) is 10.7 Å². The largest absolute Gasteiger partial charge is 0.351 e. The predicted molar refractivity (Wildman–Crippen MR) is 86.6 cm³/mol. The van der Waals surface area contributed by atoms with Crippen LogP contribution in [0.1, 0.15) is 40.3 Å². The molecule has 0 saturated heterocycles. The lowest BCUT2D eigenvalue weighted by atomic mass is 10.2. The van der Waals surface area contributed by atoms with Crippen molar-refractivity contribution in [3.8, 4) is 0 Å². The van der Waals surface area contributed by atoms with Crippen molar-refractivity contribution in [2.75, 3.05) is 6.54 Å². The minimum absolute atomic E-state index is 0.0471. The van der Waals surface area contributed by atoms with Gasteiger partial charge in [0.25, 0.3) is 0 Å². The van der Waals surface area contributed by atoms with Crippen molar-refractivity contribution in [1.82, 2.24) is 20.0 Å². The average molecular weight is 315 g/mol. The summed E-state index contributed by atoms with van der Waals surface area (Å²) in [5, 5.41) is 7.79. The Kier molecular flexibility index (Phi) is 6.68. The predicted octanol–water partition coefficient (Wildman–Crippen LogP) is 2.47. The average Bonchev–Trinajstić information content (AvgIpc) is 2.64. The molecule has 0 saturated carbocycles. The molecule has 1 heterocycles. The Balaban J connectivity index is 2.50. The number of rotatable bonds is 7. The van der Waals surface area contributed by atoms with E-state index in [1.807, 2.05) is 13.8 Å². The van der Waals surface area contributed by atoms with Crippen molar-refractivity contribution in [3.63, 3.8) is 0 Å². The highest BCUT2D eigenvalue weighted by Crippen LogP contribution is 2.11. The van der Waals surface area contributed by atoms with E-state index in [9.17, 15) is 4.79 Å². The zero-order valence-corrected chi connectivity index (χ0v) is 14.6. The fourth-order valence-corrected chi connectivity index (χ4v) is 2.57. The highest BCUT2D eigenvalue weighted by atomic mass is 35.5. The number of hydrogen-bond donors (Lipinski definition) is 1. The van der Waals surface area contributed by atoms with E-state index >= 15 is 0 Å². The third-order valence-corrected chi connectivity index (χ3v) is 3.78. The van der Waals surface area contributed by atoms with E-state index in [1.165, 1.54) is 0 Å². The van der Waals surface area contributed by atoms with Crippen LogP contribution in [-0.2, 0) is 11.3 Å². The van der Waals surface area contributed by atoms with Crippen LogP contribution in [0.5, 0.6) is 0 Å². The van der Waals surface area contributed by atoms with Gasteiger partial charge >= 0.3 is 0 Å². The maximum Gasteiger partial charge on any atom is 0.241 e. The van der Waals surface area contributed by atoms with Gasteiger partial charge in [-0.2, -0.15) is 5.10 Å². The number of aryl methyl sites for hydroxylation is 1. The first-order valence-electron chi connectivity index (χ1n) is 7.45. The number of nitrogens with one attached hydrogen (secondary N) is 1. The molecule has 0 aliphatic carbocycles. The molecule has 21 heavy (non-hydrogen) atoms. The van der Waals surface area contributed by atoms with Gasteiger partial charge in [-0.1, -0.05) is 11.6 Å². The normalized spacial score (nSPS) is 13.2. The quantitative estimate of drug-likeness (QED) is 0.841. The number of carbonyl (C=O) groups is 1. The van der Waals surface area contributed by atoms with Crippen LogP contribution in [0.2, 0.25) is 5.02 Å². The van der Waals surface area contributed by atoms with Crippen molar-refractivity contribution < 1.29 is 4.79 Å². The van der Waals surface area contributed by atoms with E-state index in [2.05, 4.69) is 43.0 Å². The summed E-state index contributed by atoms with van der Waals surface area (Å²) in [7, 11) is 0. The number of halogens is 1. The molecule has 1 rings (SSSR count). The summed E-state index contributed by atoms with van der Waals surface area (Å²) in [4.78, 5) is 14.4. The molecule has 5 nitrogen and oxygen atoms in total. The first-order valence-corrected chi connectivity index (χ1v) is 7.83. The molecule has 1 atom stereocenters. The Morgan fingerprint density at radius 3 is 2.33 bits per heavy atom. The van der Waals surface area contributed by atoms with Gasteiger partial charge in [0.15, 0.2) is 0 Å². The van der Waals surface area contributed by atoms with Crippen LogP contribution in [0.25, 0.3) is 0 Å². The summed E-state index contributed by atoms with van der Waals surface area (Å²) in [6.45, 7) is 13.6. The molecule has 0 unspecified atom stereocenters. The van der Waals surface area contributed by atoms with Gasteiger partial charge in [0, 0.05) is 30.9 Å². The zero-order valence-electron chi connectivity index (χ0n) is 13.9. The van der Waals surface area contributed by atoms with Crippen LogP contribution < -0.4 is 5.32 Å². The molecule has 0 aromatic carbocycles. The summed E-state index contributed by atoms with van der Waals surface area (Å²) >= 11 is 5.94. The Morgan fingerprint density at radius 1 is 1.33 bits per heavy atom. The highest BCUT2D eigenvalue weighted by Gasteiger charge is 2.18. The standard InChI is InChI=1S/C15H27ClN4O/c1-10(2)20(11(3)4)7-12(5)17-15(21)9-19-8-14(16)13(6)18-19/h8,10-12H,7,9H2,1-6H3,(H,17,21)/t12-/m1/s1. The maximum atomic E-state index is 12.0. The van der Waals surface area contributed by atoms with E-state index in [0.717, 1.165) is 12.2 Å². The monoisotopic (exact) mass is 314 g/mol. The second kappa shape index (κ2) is 7.80. The van der Waals surface area contributed by atoms with Crippen molar-refractivity contribution in [2.45, 2.75) is 66.2 Å². The van der Waals surface area contributed by atoms with Crippen LogP contribution in [0.3, 0.4) is 0 Å². The smallest absolute Gasteiger partial charge is 0.241 e. The van der Waals surface area contributed by atoms with E-state index in [-0.39, 0.29) is 18.5 Å². The first kappa shape index (κ1) is 18.0. The summed E-state index contributed by atoms with van der Waals surface area (Å²) < 4.78 is 1.57. The molecule has 120 valence electrons. The lowest BCUT2D eigenvalue weighted by Gasteiger charge is -2.33. The lowest BCUT2D eigenvalue weighted by Crippen LogP contribution is -2.47. The van der Waals surface area contributed by atoms with Crippen LogP contribution >= 0.6 is 11.6 Å². The van der Waals surface area contributed by atoms with Crippen molar-refractivity contribution >= 4 is 17.5 Å². The Labute approximate surface area is 132 Å². The first-order chi connectivity index (χ1) is 9.70. The highest BCUT2D eigenvalue weighted by molar-refractivity contribution is 6.31. The van der Waals surface area contributed by atoms with Crippen molar-refractivity contribution in [2.24, 2.45) is 0 Å². The van der Waals surface area contributed by atoms with Gasteiger partial charge in [-0.05, 0) is 41.5 Å². The molecule has 0 spiro atoms. The molecule has 1 aromatic heterocycles. The van der Waals surface area contributed by atoms with Gasteiger partial charge in [0.2, 0.25) is 5.91 Å². The Morgan fingerprint density at radius 2 is 1.90 bits per heavy atom. The summed E-state index contributed by atoms with van der Waals surface area (Å²) in [5.74, 6) is -0.0471. The lowest BCUT2D eigenvalue weighted by molar-refractivity contribution is -0.122. The number of nitrogens with zero attached hydrogens (tertiary/aromatic N) is 3. The van der Waals surface area contributed by atoms with E-state index in [1.54, 1.807) is 10.9 Å². The maximum absolute atomic E-state index is 12.0. The molecule has 1 N–H and O–H groups in total. The molecule has 6 heteroatoms. The van der Waals surface area contributed by atoms with Crippen LogP contribution in [-0.4, -0.2) is 45.3 Å².